The quantitative estimate of drug-likeness (QED) is 0.886. The summed E-state index contributed by atoms with van der Waals surface area (Å²) in [6, 6.07) is 8.31. The molecule has 0 saturated heterocycles. The van der Waals surface area contributed by atoms with E-state index in [2.05, 4.69) is 39.9 Å². The number of aryl methyl sites for hydroxylation is 1. The van der Waals surface area contributed by atoms with Crippen molar-refractivity contribution in [3.63, 3.8) is 0 Å². The summed E-state index contributed by atoms with van der Waals surface area (Å²) in [7, 11) is 3.51. The molecule has 1 aromatic carbocycles. The number of benzene rings is 1. The van der Waals surface area contributed by atoms with Gasteiger partial charge >= 0.3 is 0 Å². The minimum Gasteiger partial charge on any atom is -0.497 e. The zero-order valence-electron chi connectivity index (χ0n) is 11.7. The van der Waals surface area contributed by atoms with Gasteiger partial charge in [-0.2, -0.15) is 0 Å². The first-order chi connectivity index (χ1) is 9.11. The Bertz CT molecular complexity index is 522. The molecule has 0 spiro atoms. The van der Waals surface area contributed by atoms with Gasteiger partial charge in [-0.3, -0.25) is 0 Å². The Balaban J connectivity index is 2.04. The normalized spacial score (nSPS) is 14.1. The molecule has 2 unspecified atom stereocenters. The summed E-state index contributed by atoms with van der Waals surface area (Å²) in [5.74, 6) is 1.68. The van der Waals surface area contributed by atoms with Crippen LogP contribution in [0.2, 0.25) is 0 Å². The first kappa shape index (κ1) is 13.5. The molecule has 0 amide bonds. The van der Waals surface area contributed by atoms with Gasteiger partial charge in [0.2, 0.25) is 0 Å². The third-order valence-electron chi connectivity index (χ3n) is 3.16. The van der Waals surface area contributed by atoms with Crippen LogP contribution in [0.5, 0.6) is 5.75 Å². The zero-order chi connectivity index (χ0) is 13.8. The first-order valence-electron chi connectivity index (χ1n) is 6.24. The van der Waals surface area contributed by atoms with Crippen LogP contribution in [-0.2, 0) is 7.05 Å². The van der Waals surface area contributed by atoms with Crippen molar-refractivity contribution in [3.05, 3.63) is 35.7 Å². The molecular weight excluding hydrogens is 242 g/mol. The summed E-state index contributed by atoms with van der Waals surface area (Å²) in [5.41, 5.74) is 1.20. The second-order valence-corrected chi connectivity index (χ2v) is 4.54. The lowest BCUT2D eigenvalue weighted by Gasteiger charge is -2.19. The molecular formula is C13H19N5O. The second-order valence-electron chi connectivity index (χ2n) is 4.54. The van der Waals surface area contributed by atoms with Crippen molar-refractivity contribution in [3.8, 4) is 5.75 Å². The van der Waals surface area contributed by atoms with Crippen LogP contribution in [0.1, 0.15) is 37.3 Å². The molecule has 102 valence electrons. The van der Waals surface area contributed by atoms with Crippen molar-refractivity contribution < 1.29 is 4.74 Å². The lowest BCUT2D eigenvalue weighted by atomic mass is 10.1. The Morgan fingerprint density at radius 3 is 2.37 bits per heavy atom. The maximum atomic E-state index is 5.15. The van der Waals surface area contributed by atoms with Crippen molar-refractivity contribution in [1.29, 1.82) is 0 Å². The minimum atomic E-state index is 0.0806. The molecule has 0 radical (unpaired) electrons. The van der Waals surface area contributed by atoms with E-state index in [9.17, 15) is 0 Å². The van der Waals surface area contributed by atoms with Crippen molar-refractivity contribution in [2.45, 2.75) is 25.9 Å². The van der Waals surface area contributed by atoms with E-state index in [1.807, 2.05) is 26.1 Å². The van der Waals surface area contributed by atoms with E-state index >= 15 is 0 Å². The third-order valence-corrected chi connectivity index (χ3v) is 3.16. The molecule has 6 nitrogen and oxygen atoms in total. The fourth-order valence-corrected chi connectivity index (χ4v) is 2.04. The number of tetrazole rings is 1. The number of nitrogens with one attached hydrogen (secondary N) is 1. The highest BCUT2D eigenvalue weighted by atomic mass is 16.5. The Hall–Kier alpha value is -1.95. The number of nitrogens with zero attached hydrogens (tertiary/aromatic N) is 4. The van der Waals surface area contributed by atoms with Gasteiger partial charge in [0.1, 0.15) is 5.75 Å². The average molecular weight is 261 g/mol. The van der Waals surface area contributed by atoms with Crippen LogP contribution >= 0.6 is 0 Å². The summed E-state index contributed by atoms with van der Waals surface area (Å²) in [6.45, 7) is 4.16. The van der Waals surface area contributed by atoms with Crippen LogP contribution in [0.3, 0.4) is 0 Å². The molecule has 2 rings (SSSR count). The van der Waals surface area contributed by atoms with Crippen LogP contribution in [0.25, 0.3) is 0 Å². The van der Waals surface area contributed by atoms with E-state index in [4.69, 9.17) is 4.74 Å². The lowest BCUT2D eigenvalue weighted by Crippen LogP contribution is -2.24. The summed E-state index contributed by atoms with van der Waals surface area (Å²) in [5, 5.41) is 15.0. The number of methoxy groups -OCH3 is 1. The Morgan fingerprint density at radius 1 is 1.16 bits per heavy atom. The number of aromatic nitrogens is 4. The predicted molar refractivity (Wildman–Crippen MR) is 71.8 cm³/mol. The van der Waals surface area contributed by atoms with Gasteiger partial charge < -0.3 is 10.1 Å². The lowest BCUT2D eigenvalue weighted by molar-refractivity contribution is 0.414. The van der Waals surface area contributed by atoms with Gasteiger partial charge in [-0.05, 0) is 42.0 Å². The number of ether oxygens (including phenoxy) is 1. The second kappa shape index (κ2) is 5.79. The molecule has 1 N–H and O–H groups in total. The van der Waals surface area contributed by atoms with E-state index in [0.717, 1.165) is 11.6 Å². The van der Waals surface area contributed by atoms with Crippen molar-refractivity contribution in [1.82, 2.24) is 25.5 Å². The number of hydrogen-bond acceptors (Lipinski definition) is 5. The topological polar surface area (TPSA) is 64.9 Å². The van der Waals surface area contributed by atoms with Crippen molar-refractivity contribution in [2.75, 3.05) is 7.11 Å². The fraction of sp³-hybridized carbons (Fsp3) is 0.462. The Morgan fingerprint density at radius 2 is 1.84 bits per heavy atom. The van der Waals surface area contributed by atoms with Crippen LogP contribution < -0.4 is 10.1 Å². The molecule has 2 atom stereocenters. The first-order valence-corrected chi connectivity index (χ1v) is 6.24. The van der Waals surface area contributed by atoms with Crippen LogP contribution in [-0.4, -0.2) is 27.3 Å². The smallest absolute Gasteiger partial charge is 0.167 e. The SMILES string of the molecule is COc1ccc(C(C)NC(C)c2nnnn2C)cc1. The maximum Gasteiger partial charge on any atom is 0.167 e. The summed E-state index contributed by atoms with van der Waals surface area (Å²) >= 11 is 0. The van der Waals surface area contributed by atoms with Crippen molar-refractivity contribution in [2.24, 2.45) is 7.05 Å². The van der Waals surface area contributed by atoms with Crippen LogP contribution in [0, 0.1) is 0 Å². The molecule has 1 aromatic heterocycles. The van der Waals surface area contributed by atoms with E-state index < -0.39 is 0 Å². The molecule has 1 heterocycles. The Kier molecular flexibility index (Phi) is 4.11. The zero-order valence-corrected chi connectivity index (χ0v) is 11.7. The summed E-state index contributed by atoms with van der Waals surface area (Å²) in [6.07, 6.45) is 0. The molecule has 0 aliphatic rings. The van der Waals surface area contributed by atoms with Gasteiger partial charge in [0.25, 0.3) is 0 Å². The van der Waals surface area contributed by atoms with Gasteiger partial charge in [0, 0.05) is 13.1 Å². The molecule has 0 saturated carbocycles. The fourth-order valence-electron chi connectivity index (χ4n) is 2.04. The van der Waals surface area contributed by atoms with E-state index in [1.54, 1.807) is 11.8 Å². The highest BCUT2D eigenvalue weighted by Gasteiger charge is 2.15. The van der Waals surface area contributed by atoms with Crippen LogP contribution in [0.15, 0.2) is 24.3 Å². The van der Waals surface area contributed by atoms with E-state index in [0.29, 0.717) is 0 Å². The molecule has 0 bridgehead atoms. The molecule has 19 heavy (non-hydrogen) atoms. The van der Waals surface area contributed by atoms with Gasteiger partial charge in [-0.25, -0.2) is 4.68 Å². The molecule has 0 aliphatic carbocycles. The largest absolute Gasteiger partial charge is 0.497 e. The highest BCUT2D eigenvalue weighted by Crippen LogP contribution is 2.20. The average Bonchev–Trinajstić information content (AvgIpc) is 2.85. The van der Waals surface area contributed by atoms with E-state index in [1.165, 1.54) is 5.56 Å². The van der Waals surface area contributed by atoms with Crippen molar-refractivity contribution >= 4 is 0 Å². The van der Waals surface area contributed by atoms with E-state index in [-0.39, 0.29) is 12.1 Å². The highest BCUT2D eigenvalue weighted by molar-refractivity contribution is 5.28. The molecule has 6 heteroatoms. The van der Waals surface area contributed by atoms with Crippen LogP contribution in [0.4, 0.5) is 0 Å². The predicted octanol–water partition coefficient (Wildman–Crippen LogP) is 1.63. The Labute approximate surface area is 112 Å². The molecule has 2 aromatic rings. The van der Waals surface area contributed by atoms with Gasteiger partial charge in [0.05, 0.1) is 13.2 Å². The molecule has 0 aliphatic heterocycles. The standard InChI is InChI=1S/C13H19N5O/c1-9(11-5-7-12(19-4)8-6-11)14-10(2)13-15-16-17-18(13)3/h5-10,14H,1-4H3. The molecule has 0 fully saturated rings. The van der Waals surface area contributed by atoms with Gasteiger partial charge in [0.15, 0.2) is 5.82 Å². The summed E-state index contributed by atoms with van der Waals surface area (Å²) in [4.78, 5) is 0. The maximum absolute atomic E-state index is 5.15. The summed E-state index contributed by atoms with van der Waals surface area (Å²) < 4.78 is 6.83. The minimum absolute atomic E-state index is 0.0806. The number of rotatable bonds is 5. The van der Waals surface area contributed by atoms with Gasteiger partial charge in [-0.1, -0.05) is 12.1 Å². The third kappa shape index (κ3) is 3.08. The van der Waals surface area contributed by atoms with Gasteiger partial charge in [-0.15, -0.1) is 5.10 Å². The number of hydrogen-bond donors (Lipinski definition) is 1. The monoisotopic (exact) mass is 261 g/mol.